The van der Waals surface area contributed by atoms with Crippen molar-refractivity contribution in [3.8, 4) is 17.1 Å². The molecular formula is C21H18F3N5. The van der Waals surface area contributed by atoms with Gasteiger partial charge >= 0.3 is 6.18 Å². The van der Waals surface area contributed by atoms with Crippen LogP contribution in [0.2, 0.25) is 0 Å². The Morgan fingerprint density at radius 1 is 1.03 bits per heavy atom. The van der Waals surface area contributed by atoms with Crippen molar-refractivity contribution in [3.05, 3.63) is 72.2 Å². The minimum absolute atomic E-state index is 0.203. The largest absolute Gasteiger partial charge is 0.390 e. The van der Waals surface area contributed by atoms with E-state index < -0.39 is 18.6 Å². The second-order valence-electron chi connectivity index (χ2n) is 6.84. The molecule has 148 valence electrons. The van der Waals surface area contributed by atoms with Gasteiger partial charge in [0.05, 0.1) is 35.6 Å². The normalized spacial score (nSPS) is 13.0. The fourth-order valence-electron chi connectivity index (χ4n) is 3.18. The molecule has 0 saturated carbocycles. The Balaban J connectivity index is 1.74. The van der Waals surface area contributed by atoms with Crippen LogP contribution >= 0.6 is 0 Å². The molecule has 0 aliphatic carbocycles. The number of aryl methyl sites for hydroxylation is 1. The smallest absolute Gasteiger partial charge is 0.322 e. The molecule has 5 nitrogen and oxygen atoms in total. The lowest BCUT2D eigenvalue weighted by atomic mass is 10.1. The fraction of sp³-hybridized carbons (Fsp3) is 0.190. The van der Waals surface area contributed by atoms with E-state index in [1.807, 2.05) is 43.3 Å². The number of hydrogen-bond acceptors (Lipinski definition) is 4. The highest BCUT2D eigenvalue weighted by Gasteiger charge is 2.31. The summed E-state index contributed by atoms with van der Waals surface area (Å²) in [6.45, 7) is 1.90. The van der Waals surface area contributed by atoms with Crippen LogP contribution in [0.4, 0.5) is 13.2 Å². The second kappa shape index (κ2) is 7.29. The summed E-state index contributed by atoms with van der Waals surface area (Å²) >= 11 is 0. The number of hydrogen-bond donors (Lipinski definition) is 1. The molecule has 0 bridgehead atoms. The number of aromatic nitrogens is 4. The van der Waals surface area contributed by atoms with Crippen LogP contribution < -0.4 is 5.73 Å². The summed E-state index contributed by atoms with van der Waals surface area (Å²) in [7, 11) is 0. The van der Waals surface area contributed by atoms with Crippen molar-refractivity contribution in [1.82, 2.24) is 19.7 Å². The lowest BCUT2D eigenvalue weighted by molar-refractivity contribution is -0.138. The molecule has 0 spiro atoms. The maximum absolute atomic E-state index is 12.7. The average molecular weight is 397 g/mol. The van der Waals surface area contributed by atoms with Crippen molar-refractivity contribution in [1.29, 1.82) is 0 Å². The molecule has 4 aromatic rings. The summed E-state index contributed by atoms with van der Waals surface area (Å²) in [6, 6.07) is 15.0. The summed E-state index contributed by atoms with van der Waals surface area (Å²) in [5.74, 6) is 0.686. The standard InChI is InChI=1S/C21H18F3N5/c1-13-4-2-7-20(27-13)29-19-10-14(8-9-15(19)12-26-29)17-5-3-6-18(28-17)16(25)11-21(22,23)24/h2-10,12,16H,11,25H2,1H3. The lowest BCUT2D eigenvalue weighted by Gasteiger charge is -2.14. The van der Waals surface area contributed by atoms with Crippen molar-refractivity contribution < 1.29 is 13.2 Å². The molecule has 0 aliphatic rings. The van der Waals surface area contributed by atoms with Gasteiger partial charge in [-0.3, -0.25) is 4.98 Å². The summed E-state index contributed by atoms with van der Waals surface area (Å²) in [6.07, 6.45) is -3.72. The summed E-state index contributed by atoms with van der Waals surface area (Å²) in [4.78, 5) is 8.87. The molecule has 3 heterocycles. The van der Waals surface area contributed by atoms with E-state index in [0.29, 0.717) is 11.5 Å². The Morgan fingerprint density at radius 2 is 1.83 bits per heavy atom. The van der Waals surface area contributed by atoms with Crippen LogP contribution in [0.25, 0.3) is 28.0 Å². The van der Waals surface area contributed by atoms with Gasteiger partial charge in [-0.2, -0.15) is 18.3 Å². The highest BCUT2D eigenvalue weighted by Crippen LogP contribution is 2.29. The molecule has 3 aromatic heterocycles. The van der Waals surface area contributed by atoms with Crippen LogP contribution in [0, 0.1) is 6.92 Å². The number of rotatable bonds is 4. The number of nitrogens with two attached hydrogens (primary N) is 1. The van der Waals surface area contributed by atoms with E-state index in [9.17, 15) is 13.2 Å². The molecule has 0 fully saturated rings. The monoisotopic (exact) mass is 397 g/mol. The van der Waals surface area contributed by atoms with Crippen LogP contribution in [0.3, 0.4) is 0 Å². The summed E-state index contributed by atoms with van der Waals surface area (Å²) in [5.41, 5.74) is 8.92. The molecule has 1 aromatic carbocycles. The Bertz CT molecular complexity index is 1170. The summed E-state index contributed by atoms with van der Waals surface area (Å²) < 4.78 is 39.7. The molecular weight excluding hydrogens is 379 g/mol. The van der Waals surface area contributed by atoms with E-state index >= 15 is 0 Å². The summed E-state index contributed by atoms with van der Waals surface area (Å²) in [5, 5.41) is 5.33. The average Bonchev–Trinajstić information content (AvgIpc) is 3.10. The number of halogens is 3. The number of nitrogens with zero attached hydrogens (tertiary/aromatic N) is 4. The topological polar surface area (TPSA) is 69.6 Å². The minimum Gasteiger partial charge on any atom is -0.322 e. The molecule has 1 atom stereocenters. The SMILES string of the molecule is Cc1cccc(-n2ncc3ccc(-c4cccc(C(N)CC(F)(F)F)n4)cc32)n1. The second-order valence-corrected chi connectivity index (χ2v) is 6.84. The van der Waals surface area contributed by atoms with Gasteiger partial charge in [0.25, 0.3) is 0 Å². The predicted molar refractivity (Wildman–Crippen MR) is 104 cm³/mol. The van der Waals surface area contributed by atoms with Crippen molar-refractivity contribution in [3.63, 3.8) is 0 Å². The van der Waals surface area contributed by atoms with E-state index in [4.69, 9.17) is 5.73 Å². The van der Waals surface area contributed by atoms with Crippen LogP contribution in [-0.4, -0.2) is 25.9 Å². The van der Waals surface area contributed by atoms with Crippen LogP contribution in [0.1, 0.15) is 23.9 Å². The van der Waals surface area contributed by atoms with Gasteiger partial charge in [0.1, 0.15) is 0 Å². The predicted octanol–water partition coefficient (Wildman–Crippen LogP) is 4.74. The highest BCUT2D eigenvalue weighted by atomic mass is 19.4. The number of pyridine rings is 2. The maximum atomic E-state index is 12.7. The Morgan fingerprint density at radius 3 is 2.59 bits per heavy atom. The number of alkyl halides is 3. The zero-order valence-electron chi connectivity index (χ0n) is 15.6. The third-order valence-electron chi connectivity index (χ3n) is 4.56. The van der Waals surface area contributed by atoms with Crippen LogP contribution in [-0.2, 0) is 0 Å². The molecule has 0 aliphatic heterocycles. The fourth-order valence-corrected chi connectivity index (χ4v) is 3.18. The van der Waals surface area contributed by atoms with E-state index in [0.717, 1.165) is 22.2 Å². The van der Waals surface area contributed by atoms with E-state index in [2.05, 4.69) is 15.1 Å². The molecule has 29 heavy (non-hydrogen) atoms. The first-order chi connectivity index (χ1) is 13.8. The molecule has 0 saturated heterocycles. The molecule has 0 radical (unpaired) electrons. The van der Waals surface area contributed by atoms with Gasteiger partial charge in [0.2, 0.25) is 0 Å². The molecule has 4 rings (SSSR count). The lowest BCUT2D eigenvalue weighted by Crippen LogP contribution is -2.21. The maximum Gasteiger partial charge on any atom is 0.390 e. The van der Waals surface area contributed by atoms with Gasteiger partial charge in [-0.15, -0.1) is 0 Å². The van der Waals surface area contributed by atoms with Gasteiger partial charge in [0.15, 0.2) is 5.82 Å². The van der Waals surface area contributed by atoms with Gasteiger partial charge in [-0.05, 0) is 37.3 Å². The van der Waals surface area contributed by atoms with Gasteiger partial charge in [0, 0.05) is 16.6 Å². The quantitative estimate of drug-likeness (QED) is 0.540. The van der Waals surface area contributed by atoms with Gasteiger partial charge < -0.3 is 5.73 Å². The highest BCUT2D eigenvalue weighted by molar-refractivity contribution is 5.84. The Kier molecular flexibility index (Phi) is 4.79. The minimum atomic E-state index is -4.34. The Labute approximate surface area is 165 Å². The molecule has 1 unspecified atom stereocenters. The molecule has 8 heteroatoms. The van der Waals surface area contributed by atoms with E-state index in [1.165, 1.54) is 6.07 Å². The van der Waals surface area contributed by atoms with Gasteiger partial charge in [-0.25, -0.2) is 9.67 Å². The molecule has 0 amide bonds. The van der Waals surface area contributed by atoms with E-state index in [1.54, 1.807) is 23.0 Å². The van der Waals surface area contributed by atoms with Crippen molar-refractivity contribution >= 4 is 10.9 Å². The third-order valence-corrected chi connectivity index (χ3v) is 4.56. The van der Waals surface area contributed by atoms with Crippen molar-refractivity contribution in [2.45, 2.75) is 25.6 Å². The number of benzene rings is 1. The van der Waals surface area contributed by atoms with Gasteiger partial charge in [-0.1, -0.05) is 24.3 Å². The van der Waals surface area contributed by atoms with Crippen LogP contribution in [0.15, 0.2) is 60.8 Å². The zero-order valence-corrected chi connectivity index (χ0v) is 15.6. The first-order valence-electron chi connectivity index (χ1n) is 9.02. The van der Waals surface area contributed by atoms with E-state index in [-0.39, 0.29) is 5.69 Å². The zero-order chi connectivity index (χ0) is 20.6. The molecule has 2 N–H and O–H groups in total. The Hall–Kier alpha value is -3.26. The van der Waals surface area contributed by atoms with Crippen molar-refractivity contribution in [2.24, 2.45) is 5.73 Å². The first kappa shape index (κ1) is 19.1. The number of fused-ring (bicyclic) bond motifs is 1. The third kappa shape index (κ3) is 4.12. The van der Waals surface area contributed by atoms with Crippen molar-refractivity contribution in [2.75, 3.05) is 0 Å². The first-order valence-corrected chi connectivity index (χ1v) is 9.02. The van der Waals surface area contributed by atoms with Crippen LogP contribution in [0.5, 0.6) is 0 Å².